The maximum absolute atomic E-state index is 13.0. The van der Waals surface area contributed by atoms with Gasteiger partial charge in [-0.25, -0.2) is 0 Å². The van der Waals surface area contributed by atoms with Crippen LogP contribution in [0.2, 0.25) is 0 Å². The molecular formula is C74H138O6. The molecule has 0 heterocycles. The van der Waals surface area contributed by atoms with Crippen LogP contribution in [-0.2, 0) is 28.6 Å². The van der Waals surface area contributed by atoms with Gasteiger partial charge in [-0.3, -0.25) is 14.4 Å². The molecule has 0 aliphatic carbocycles. The quantitative estimate of drug-likeness (QED) is 0.0261. The van der Waals surface area contributed by atoms with E-state index in [0.29, 0.717) is 19.3 Å². The normalized spacial score (nSPS) is 12.2. The number of carbonyl (C=O) groups is 3. The van der Waals surface area contributed by atoms with Crippen molar-refractivity contribution in [3.8, 4) is 0 Å². The second kappa shape index (κ2) is 69.1. The Morgan fingerprint density at radius 2 is 0.412 bits per heavy atom. The highest BCUT2D eigenvalue weighted by Gasteiger charge is 2.19. The van der Waals surface area contributed by atoms with E-state index in [1.807, 2.05) is 0 Å². The van der Waals surface area contributed by atoms with Crippen molar-refractivity contribution < 1.29 is 28.6 Å². The lowest BCUT2D eigenvalue weighted by molar-refractivity contribution is -0.167. The zero-order valence-corrected chi connectivity index (χ0v) is 54.1. The minimum Gasteiger partial charge on any atom is -0.462 e. The lowest BCUT2D eigenvalue weighted by Crippen LogP contribution is -2.30. The van der Waals surface area contributed by atoms with Crippen LogP contribution >= 0.6 is 0 Å². The second-order valence-electron chi connectivity index (χ2n) is 24.5. The summed E-state index contributed by atoms with van der Waals surface area (Å²) in [6, 6.07) is 0. The Labute approximate surface area is 499 Å². The fraction of sp³-hybridized carbons (Fsp3) is 0.878. The number of ether oxygens (including phenoxy) is 3. The van der Waals surface area contributed by atoms with E-state index >= 15 is 0 Å². The third-order valence-electron chi connectivity index (χ3n) is 16.3. The molecule has 0 bridgehead atoms. The van der Waals surface area contributed by atoms with Gasteiger partial charge >= 0.3 is 17.9 Å². The summed E-state index contributed by atoms with van der Waals surface area (Å²) in [6.07, 6.45) is 86.1. The molecule has 0 saturated carbocycles. The van der Waals surface area contributed by atoms with Crippen LogP contribution in [0.5, 0.6) is 0 Å². The molecule has 0 N–H and O–H groups in total. The molecule has 0 radical (unpaired) electrons. The molecular weight excluding hydrogens is 985 g/mol. The van der Waals surface area contributed by atoms with Crippen LogP contribution in [0.4, 0.5) is 0 Å². The predicted molar refractivity (Wildman–Crippen MR) is 349 cm³/mol. The van der Waals surface area contributed by atoms with Crippen LogP contribution in [0.1, 0.15) is 400 Å². The van der Waals surface area contributed by atoms with Gasteiger partial charge in [-0.2, -0.15) is 0 Å². The lowest BCUT2D eigenvalue weighted by atomic mass is 10.0. The summed E-state index contributed by atoms with van der Waals surface area (Å²) in [7, 11) is 0. The third kappa shape index (κ3) is 66.4. The van der Waals surface area contributed by atoms with E-state index in [2.05, 4.69) is 57.2 Å². The third-order valence-corrected chi connectivity index (χ3v) is 16.3. The summed E-state index contributed by atoms with van der Waals surface area (Å²) in [4.78, 5) is 38.4. The molecule has 1 unspecified atom stereocenters. The van der Waals surface area contributed by atoms with Crippen molar-refractivity contribution >= 4 is 17.9 Å². The highest BCUT2D eigenvalue weighted by atomic mass is 16.6. The van der Waals surface area contributed by atoms with Gasteiger partial charge in [-0.15, -0.1) is 0 Å². The van der Waals surface area contributed by atoms with Crippen LogP contribution < -0.4 is 0 Å². The van der Waals surface area contributed by atoms with Crippen molar-refractivity contribution in [1.82, 2.24) is 0 Å². The molecule has 0 fully saturated rings. The summed E-state index contributed by atoms with van der Waals surface area (Å²) in [5, 5.41) is 0. The monoisotopic (exact) mass is 1120 g/mol. The molecule has 0 rings (SSSR count). The van der Waals surface area contributed by atoms with Gasteiger partial charge in [0.2, 0.25) is 0 Å². The van der Waals surface area contributed by atoms with Gasteiger partial charge in [0.25, 0.3) is 0 Å². The Balaban J connectivity index is 4.24. The number of hydrogen-bond acceptors (Lipinski definition) is 6. The molecule has 0 aliphatic heterocycles. The Morgan fingerprint density at radius 3 is 0.625 bits per heavy atom. The van der Waals surface area contributed by atoms with E-state index in [0.717, 1.165) is 64.2 Å². The number of carbonyl (C=O) groups excluding carboxylic acids is 3. The lowest BCUT2D eigenvalue weighted by Gasteiger charge is -2.18. The first kappa shape index (κ1) is 77.6. The zero-order chi connectivity index (χ0) is 57.8. The topological polar surface area (TPSA) is 78.9 Å². The molecule has 0 saturated heterocycles. The fourth-order valence-corrected chi connectivity index (χ4v) is 10.9. The van der Waals surface area contributed by atoms with Crippen molar-refractivity contribution in [2.24, 2.45) is 0 Å². The summed E-state index contributed by atoms with van der Waals surface area (Å²) in [6.45, 7) is 6.69. The molecule has 0 amide bonds. The van der Waals surface area contributed by atoms with E-state index in [1.54, 1.807) is 0 Å². The van der Waals surface area contributed by atoms with Crippen molar-refractivity contribution in [1.29, 1.82) is 0 Å². The van der Waals surface area contributed by atoms with Gasteiger partial charge in [0.05, 0.1) is 0 Å². The largest absolute Gasteiger partial charge is 0.462 e. The maximum atomic E-state index is 13.0. The number of allylic oxidation sites excluding steroid dienone is 6. The first-order valence-electron chi connectivity index (χ1n) is 36.0. The smallest absolute Gasteiger partial charge is 0.306 e. The molecule has 80 heavy (non-hydrogen) atoms. The Kier molecular flexibility index (Phi) is 67.1. The first-order chi connectivity index (χ1) is 39.5. The zero-order valence-electron chi connectivity index (χ0n) is 54.1. The van der Waals surface area contributed by atoms with Gasteiger partial charge < -0.3 is 14.2 Å². The molecule has 0 aromatic rings. The van der Waals surface area contributed by atoms with Gasteiger partial charge in [-0.1, -0.05) is 320 Å². The summed E-state index contributed by atoms with van der Waals surface area (Å²) >= 11 is 0. The van der Waals surface area contributed by atoms with Crippen LogP contribution in [0.3, 0.4) is 0 Å². The Morgan fingerprint density at radius 1 is 0.237 bits per heavy atom. The van der Waals surface area contributed by atoms with Crippen LogP contribution in [0, 0.1) is 0 Å². The summed E-state index contributed by atoms with van der Waals surface area (Å²) in [5.41, 5.74) is 0. The molecule has 6 nitrogen and oxygen atoms in total. The Bertz CT molecular complexity index is 1340. The predicted octanol–water partition coefficient (Wildman–Crippen LogP) is 24.7. The first-order valence-corrected chi connectivity index (χ1v) is 36.0. The SMILES string of the molecule is CCCCCCC/C=C\CCCCCCCC(=O)OCC(COC(=O)CCCCCCCCCCCCCCCCC/C=C\CCCCCCCCCC)OC(=O)CCCCCCCCCCC/C=C\CCCCCCCCCC. The van der Waals surface area contributed by atoms with E-state index in [1.165, 1.54) is 295 Å². The molecule has 470 valence electrons. The molecule has 0 aromatic carbocycles. The highest BCUT2D eigenvalue weighted by molar-refractivity contribution is 5.71. The summed E-state index contributed by atoms with van der Waals surface area (Å²) in [5.74, 6) is -0.854. The van der Waals surface area contributed by atoms with E-state index in [4.69, 9.17) is 14.2 Å². The van der Waals surface area contributed by atoms with Gasteiger partial charge in [0, 0.05) is 19.3 Å². The van der Waals surface area contributed by atoms with Crippen molar-refractivity contribution in [3.63, 3.8) is 0 Å². The number of esters is 3. The van der Waals surface area contributed by atoms with Crippen LogP contribution in [0.25, 0.3) is 0 Å². The van der Waals surface area contributed by atoms with Crippen LogP contribution in [0.15, 0.2) is 36.5 Å². The Hall–Kier alpha value is -2.37. The van der Waals surface area contributed by atoms with E-state index < -0.39 is 6.10 Å². The van der Waals surface area contributed by atoms with Crippen molar-refractivity contribution in [3.05, 3.63) is 36.5 Å². The molecule has 1 atom stereocenters. The van der Waals surface area contributed by atoms with Gasteiger partial charge in [0.15, 0.2) is 6.10 Å². The minimum atomic E-state index is -0.776. The molecule has 6 heteroatoms. The number of hydrogen-bond donors (Lipinski definition) is 0. The number of unbranched alkanes of at least 4 members (excludes halogenated alkanes) is 50. The summed E-state index contributed by atoms with van der Waals surface area (Å²) < 4.78 is 17.0. The molecule has 0 aromatic heterocycles. The van der Waals surface area contributed by atoms with Crippen molar-refractivity contribution in [2.45, 2.75) is 406 Å². The van der Waals surface area contributed by atoms with Gasteiger partial charge in [-0.05, 0) is 96.3 Å². The second-order valence-corrected chi connectivity index (χ2v) is 24.5. The number of rotatable bonds is 67. The minimum absolute atomic E-state index is 0.0714. The van der Waals surface area contributed by atoms with E-state index in [9.17, 15) is 14.4 Å². The molecule has 0 spiro atoms. The van der Waals surface area contributed by atoms with Crippen molar-refractivity contribution in [2.75, 3.05) is 13.2 Å². The average molecular weight is 1120 g/mol. The maximum Gasteiger partial charge on any atom is 0.306 e. The highest BCUT2D eigenvalue weighted by Crippen LogP contribution is 2.18. The molecule has 0 aliphatic rings. The fourth-order valence-electron chi connectivity index (χ4n) is 10.9. The van der Waals surface area contributed by atoms with E-state index in [-0.39, 0.29) is 31.1 Å². The van der Waals surface area contributed by atoms with Crippen LogP contribution in [-0.4, -0.2) is 37.2 Å². The average Bonchev–Trinajstić information content (AvgIpc) is 3.46. The standard InChI is InChI=1S/C74H138O6/c1-4-7-10-13-16-19-22-25-28-30-32-34-35-36-37-38-39-41-42-44-46-49-52-55-58-61-64-67-73(76)79-70-71(69-78-72(75)66-63-60-57-54-51-48-27-24-21-18-15-12-9-6-3)80-74(77)68-65-62-59-56-53-50-47-45-43-40-33-31-29-26-23-20-17-14-11-8-5-2/h24,27,30-33,71H,4-23,25-26,28-29,34-70H2,1-3H3/b27-24-,32-30-,33-31-. The van der Waals surface area contributed by atoms with Gasteiger partial charge in [0.1, 0.15) is 13.2 Å².